The third kappa shape index (κ3) is 4.75. The van der Waals surface area contributed by atoms with E-state index >= 15 is 0 Å². The zero-order valence-electron chi connectivity index (χ0n) is 17.4. The lowest BCUT2D eigenvalue weighted by Crippen LogP contribution is -2.38. The van der Waals surface area contributed by atoms with Gasteiger partial charge in [-0.15, -0.1) is 0 Å². The number of urea groups is 1. The Hall–Kier alpha value is -4.07. The van der Waals surface area contributed by atoms with E-state index in [4.69, 9.17) is 4.74 Å². The molecule has 0 aliphatic rings. The van der Waals surface area contributed by atoms with Gasteiger partial charge in [-0.05, 0) is 29.8 Å². The number of aromatic nitrogens is 4. The summed E-state index contributed by atoms with van der Waals surface area (Å²) in [6.07, 6.45) is 7.19. The minimum absolute atomic E-state index is 0.303. The molecule has 8 heteroatoms. The van der Waals surface area contributed by atoms with Gasteiger partial charge in [-0.2, -0.15) is 5.10 Å². The molecule has 4 aromatic rings. The van der Waals surface area contributed by atoms with Gasteiger partial charge in [-0.3, -0.25) is 0 Å². The van der Waals surface area contributed by atoms with Gasteiger partial charge in [0, 0.05) is 37.7 Å². The summed E-state index contributed by atoms with van der Waals surface area (Å²) in [7, 11) is 3.51. The molecule has 4 rings (SSSR count). The van der Waals surface area contributed by atoms with Crippen molar-refractivity contribution in [3.8, 4) is 11.4 Å². The monoisotopic (exact) mass is 416 g/mol. The van der Waals surface area contributed by atoms with E-state index in [2.05, 4.69) is 20.7 Å². The molecule has 0 aliphatic carbocycles. The smallest absolute Gasteiger partial charge is 0.315 e. The Morgan fingerprint density at radius 1 is 1.16 bits per heavy atom. The molecule has 0 saturated heterocycles. The Morgan fingerprint density at radius 2 is 2.00 bits per heavy atom. The molecule has 2 amide bonds. The van der Waals surface area contributed by atoms with E-state index in [9.17, 15) is 4.79 Å². The lowest BCUT2D eigenvalue weighted by molar-refractivity contribution is 0.237. The van der Waals surface area contributed by atoms with E-state index in [0.717, 1.165) is 22.6 Å². The second-order valence-electron chi connectivity index (χ2n) is 7.06. The van der Waals surface area contributed by atoms with Crippen LogP contribution in [0, 0.1) is 0 Å². The van der Waals surface area contributed by atoms with Crippen molar-refractivity contribution < 1.29 is 9.53 Å². The molecule has 1 atom stereocenters. The first-order chi connectivity index (χ1) is 15.1. The van der Waals surface area contributed by atoms with E-state index < -0.39 is 6.04 Å². The largest absolute Gasteiger partial charge is 0.497 e. The van der Waals surface area contributed by atoms with Crippen LogP contribution in [0.3, 0.4) is 0 Å². The third-order valence-corrected chi connectivity index (χ3v) is 4.93. The third-order valence-electron chi connectivity index (χ3n) is 4.93. The predicted molar refractivity (Wildman–Crippen MR) is 117 cm³/mol. The van der Waals surface area contributed by atoms with Crippen LogP contribution in [-0.2, 0) is 13.6 Å². The SMILES string of the molecule is COc1cccc(C(NC(=O)NCc2cnn(-c3ccccc3)c2)c2nccn2C)c1. The normalized spacial score (nSPS) is 11.7. The summed E-state index contributed by atoms with van der Waals surface area (Å²) in [5.41, 5.74) is 2.74. The first-order valence-electron chi connectivity index (χ1n) is 9.88. The van der Waals surface area contributed by atoms with E-state index in [1.165, 1.54) is 0 Å². The number of nitrogens with one attached hydrogen (secondary N) is 2. The van der Waals surface area contributed by atoms with Crippen LogP contribution in [0.2, 0.25) is 0 Å². The van der Waals surface area contributed by atoms with Gasteiger partial charge in [-0.25, -0.2) is 14.5 Å². The molecule has 0 saturated carbocycles. The molecular formula is C23H24N6O2. The van der Waals surface area contributed by atoms with E-state index in [1.807, 2.05) is 78.6 Å². The van der Waals surface area contributed by atoms with Crippen molar-refractivity contribution in [2.45, 2.75) is 12.6 Å². The molecular weight excluding hydrogens is 392 g/mol. The minimum Gasteiger partial charge on any atom is -0.497 e. The van der Waals surface area contributed by atoms with Crippen molar-refractivity contribution in [2.75, 3.05) is 7.11 Å². The lowest BCUT2D eigenvalue weighted by atomic mass is 10.1. The summed E-state index contributed by atoms with van der Waals surface area (Å²) in [6, 6.07) is 16.7. The van der Waals surface area contributed by atoms with Crippen LogP contribution < -0.4 is 15.4 Å². The van der Waals surface area contributed by atoms with Gasteiger partial charge in [0.15, 0.2) is 0 Å². The van der Waals surface area contributed by atoms with Crippen LogP contribution in [0.5, 0.6) is 5.75 Å². The van der Waals surface area contributed by atoms with Crippen molar-refractivity contribution in [1.82, 2.24) is 30.0 Å². The van der Waals surface area contributed by atoms with Crippen LogP contribution in [0.15, 0.2) is 79.4 Å². The van der Waals surface area contributed by atoms with Crippen LogP contribution >= 0.6 is 0 Å². The molecule has 0 radical (unpaired) electrons. The minimum atomic E-state index is -0.429. The van der Waals surface area contributed by atoms with Gasteiger partial charge >= 0.3 is 6.03 Å². The van der Waals surface area contributed by atoms with Crippen LogP contribution in [0.1, 0.15) is 23.0 Å². The molecule has 2 N–H and O–H groups in total. The number of amides is 2. The standard InChI is InChI=1S/C23H24N6O2/c1-28-12-11-24-22(28)21(18-7-6-10-20(13-18)31-2)27-23(30)25-14-17-15-26-29(16-17)19-8-4-3-5-9-19/h3-13,15-16,21H,14H2,1-2H3,(H2,25,27,30). The molecule has 0 fully saturated rings. The highest BCUT2D eigenvalue weighted by molar-refractivity contribution is 5.74. The Morgan fingerprint density at radius 3 is 2.74 bits per heavy atom. The maximum Gasteiger partial charge on any atom is 0.315 e. The Labute approximate surface area is 180 Å². The summed E-state index contributed by atoms with van der Waals surface area (Å²) < 4.78 is 9.00. The fourth-order valence-corrected chi connectivity index (χ4v) is 3.31. The summed E-state index contributed by atoms with van der Waals surface area (Å²) in [4.78, 5) is 17.1. The first-order valence-corrected chi connectivity index (χ1v) is 9.88. The van der Waals surface area contributed by atoms with E-state index in [1.54, 1.807) is 24.2 Å². The Kier molecular flexibility index (Phi) is 5.98. The highest BCUT2D eigenvalue weighted by Crippen LogP contribution is 2.24. The fourth-order valence-electron chi connectivity index (χ4n) is 3.31. The van der Waals surface area contributed by atoms with Crippen LogP contribution in [0.25, 0.3) is 5.69 Å². The van der Waals surface area contributed by atoms with Gasteiger partial charge in [0.2, 0.25) is 0 Å². The quantitative estimate of drug-likeness (QED) is 0.484. The second-order valence-corrected chi connectivity index (χ2v) is 7.06. The van der Waals surface area contributed by atoms with Crippen LogP contribution in [0.4, 0.5) is 4.79 Å². The number of methoxy groups -OCH3 is 1. The fraction of sp³-hybridized carbons (Fsp3) is 0.174. The van der Waals surface area contributed by atoms with E-state index in [0.29, 0.717) is 12.3 Å². The van der Waals surface area contributed by atoms with Gasteiger partial charge in [0.05, 0.1) is 19.0 Å². The number of carbonyl (C=O) groups excluding carboxylic acids is 1. The molecule has 2 aromatic heterocycles. The average Bonchev–Trinajstić information content (AvgIpc) is 3.46. The number of hydrogen-bond acceptors (Lipinski definition) is 4. The average molecular weight is 416 g/mol. The molecule has 158 valence electrons. The highest BCUT2D eigenvalue weighted by atomic mass is 16.5. The van der Waals surface area contributed by atoms with Crippen LogP contribution in [-0.4, -0.2) is 32.5 Å². The highest BCUT2D eigenvalue weighted by Gasteiger charge is 2.21. The molecule has 31 heavy (non-hydrogen) atoms. The van der Waals surface area contributed by atoms with Gasteiger partial charge in [0.25, 0.3) is 0 Å². The Bertz CT molecular complexity index is 1150. The van der Waals surface area contributed by atoms with Gasteiger partial charge < -0.3 is 19.9 Å². The number of aryl methyl sites for hydroxylation is 1. The maximum atomic E-state index is 12.7. The summed E-state index contributed by atoms with van der Waals surface area (Å²) in [5.74, 6) is 1.44. The molecule has 2 heterocycles. The number of benzene rings is 2. The molecule has 0 bridgehead atoms. The molecule has 8 nitrogen and oxygen atoms in total. The molecule has 2 aromatic carbocycles. The zero-order chi connectivity index (χ0) is 21.6. The summed E-state index contributed by atoms with van der Waals surface area (Å²) >= 11 is 0. The number of para-hydroxylation sites is 1. The van der Waals surface area contributed by atoms with Crippen molar-refractivity contribution in [3.63, 3.8) is 0 Å². The maximum absolute atomic E-state index is 12.7. The lowest BCUT2D eigenvalue weighted by Gasteiger charge is -2.20. The number of ether oxygens (including phenoxy) is 1. The summed E-state index contributed by atoms with van der Waals surface area (Å²) in [6.45, 7) is 0.351. The number of rotatable bonds is 7. The molecule has 1 unspecified atom stereocenters. The molecule has 0 aliphatic heterocycles. The van der Waals surface area contributed by atoms with Crippen molar-refractivity contribution in [1.29, 1.82) is 0 Å². The second kappa shape index (κ2) is 9.17. The van der Waals surface area contributed by atoms with Crippen molar-refractivity contribution in [2.24, 2.45) is 7.05 Å². The van der Waals surface area contributed by atoms with Gasteiger partial charge in [0.1, 0.15) is 17.6 Å². The number of hydrogen-bond donors (Lipinski definition) is 2. The number of imidazole rings is 1. The Balaban J connectivity index is 1.46. The van der Waals surface area contributed by atoms with E-state index in [-0.39, 0.29) is 6.03 Å². The van der Waals surface area contributed by atoms with Gasteiger partial charge in [-0.1, -0.05) is 30.3 Å². The molecule has 0 spiro atoms. The van der Waals surface area contributed by atoms with Crippen molar-refractivity contribution >= 4 is 6.03 Å². The summed E-state index contributed by atoms with van der Waals surface area (Å²) in [5, 5.41) is 10.3. The van der Waals surface area contributed by atoms with Crippen molar-refractivity contribution in [3.05, 3.63) is 96.3 Å². The first kappa shape index (κ1) is 20.2. The zero-order valence-corrected chi connectivity index (χ0v) is 17.4. The number of carbonyl (C=O) groups is 1. The predicted octanol–water partition coefficient (Wildman–Crippen LogP) is 3.20. The topological polar surface area (TPSA) is 86.0 Å². The number of nitrogens with zero attached hydrogens (tertiary/aromatic N) is 4.